The summed E-state index contributed by atoms with van der Waals surface area (Å²) in [7, 11) is 0. The summed E-state index contributed by atoms with van der Waals surface area (Å²) < 4.78 is 1.92. The van der Waals surface area contributed by atoms with E-state index in [0.717, 1.165) is 37.7 Å². The first-order chi connectivity index (χ1) is 9.22. The summed E-state index contributed by atoms with van der Waals surface area (Å²) in [5.41, 5.74) is 2.22. The van der Waals surface area contributed by atoms with Crippen molar-refractivity contribution in [2.75, 3.05) is 0 Å². The maximum absolute atomic E-state index is 12.0. The Labute approximate surface area is 113 Å². The Kier molecular flexibility index (Phi) is 3.60. The van der Waals surface area contributed by atoms with Crippen molar-refractivity contribution in [1.29, 1.82) is 0 Å². The van der Waals surface area contributed by atoms with Gasteiger partial charge in [0.05, 0.1) is 6.10 Å². The molecule has 1 atom stereocenters. The summed E-state index contributed by atoms with van der Waals surface area (Å²) in [6, 6.07) is 0.378. The zero-order valence-electron chi connectivity index (χ0n) is 11.3. The normalized spacial score (nSPS) is 23.3. The number of carbonyl (C=O) groups excluding carboxylic acids is 1. The van der Waals surface area contributed by atoms with Crippen LogP contribution >= 0.6 is 0 Å². The molecule has 1 amide bonds. The van der Waals surface area contributed by atoms with Crippen molar-refractivity contribution in [1.82, 2.24) is 9.88 Å². The van der Waals surface area contributed by atoms with Gasteiger partial charge >= 0.3 is 0 Å². The van der Waals surface area contributed by atoms with Gasteiger partial charge in [-0.2, -0.15) is 0 Å². The zero-order valence-corrected chi connectivity index (χ0v) is 11.3. The Bertz CT molecular complexity index is 461. The fourth-order valence-electron chi connectivity index (χ4n) is 3.32. The number of aryl methyl sites for hydroxylation is 1. The number of rotatable bonds is 3. The average molecular weight is 262 g/mol. The number of aromatic nitrogens is 1. The number of fused-ring (bicyclic) bond motifs is 1. The standard InChI is InChI=1S/C15H22N2O2/c18-14-7-3-4-11-8-17(9-13(11)14)10-15(19)16-12-5-1-2-6-12/h8-9,12,14,18H,1-7,10H2,(H,16,19). The maximum Gasteiger partial charge on any atom is 0.240 e. The average Bonchev–Trinajstić information content (AvgIpc) is 2.98. The van der Waals surface area contributed by atoms with Gasteiger partial charge < -0.3 is 15.0 Å². The van der Waals surface area contributed by atoms with Gasteiger partial charge in [0.1, 0.15) is 6.54 Å². The van der Waals surface area contributed by atoms with Gasteiger partial charge in [0.15, 0.2) is 0 Å². The maximum atomic E-state index is 12.0. The van der Waals surface area contributed by atoms with Crippen LogP contribution in [0.2, 0.25) is 0 Å². The van der Waals surface area contributed by atoms with Crippen molar-refractivity contribution < 1.29 is 9.90 Å². The van der Waals surface area contributed by atoms with Crippen LogP contribution in [0.1, 0.15) is 55.8 Å². The van der Waals surface area contributed by atoms with Crippen LogP contribution in [0.5, 0.6) is 0 Å². The van der Waals surface area contributed by atoms with Gasteiger partial charge in [0, 0.05) is 24.0 Å². The lowest BCUT2D eigenvalue weighted by atomic mass is 9.93. The number of hydrogen-bond donors (Lipinski definition) is 2. The molecule has 1 unspecified atom stereocenters. The smallest absolute Gasteiger partial charge is 0.240 e. The van der Waals surface area contributed by atoms with Crippen LogP contribution in [-0.2, 0) is 17.8 Å². The second-order valence-corrected chi connectivity index (χ2v) is 5.87. The molecule has 0 spiro atoms. The molecule has 0 saturated heterocycles. The van der Waals surface area contributed by atoms with Crippen LogP contribution in [0.15, 0.2) is 12.4 Å². The zero-order chi connectivity index (χ0) is 13.2. The predicted octanol–water partition coefficient (Wildman–Crippen LogP) is 1.92. The summed E-state index contributed by atoms with van der Waals surface area (Å²) in [4.78, 5) is 12.0. The summed E-state index contributed by atoms with van der Waals surface area (Å²) in [5, 5.41) is 13.0. The topological polar surface area (TPSA) is 54.3 Å². The van der Waals surface area contributed by atoms with Gasteiger partial charge in [0.25, 0.3) is 0 Å². The Balaban J connectivity index is 1.61. The first-order valence-electron chi connectivity index (χ1n) is 7.38. The van der Waals surface area contributed by atoms with Gasteiger partial charge in [0.2, 0.25) is 5.91 Å². The lowest BCUT2D eigenvalue weighted by Gasteiger charge is -2.16. The molecule has 0 aromatic carbocycles. The molecule has 1 saturated carbocycles. The van der Waals surface area contributed by atoms with Crippen LogP contribution < -0.4 is 5.32 Å². The quantitative estimate of drug-likeness (QED) is 0.874. The van der Waals surface area contributed by atoms with Crippen molar-refractivity contribution in [2.45, 2.75) is 63.6 Å². The van der Waals surface area contributed by atoms with E-state index in [1.54, 1.807) is 0 Å². The third kappa shape index (κ3) is 2.84. The van der Waals surface area contributed by atoms with Crippen LogP contribution in [0.4, 0.5) is 0 Å². The molecule has 4 heteroatoms. The number of hydrogen-bond acceptors (Lipinski definition) is 2. The molecule has 2 N–H and O–H groups in total. The van der Waals surface area contributed by atoms with Crippen molar-refractivity contribution >= 4 is 5.91 Å². The Hall–Kier alpha value is -1.29. The molecule has 19 heavy (non-hydrogen) atoms. The van der Waals surface area contributed by atoms with E-state index in [9.17, 15) is 9.90 Å². The molecule has 3 rings (SSSR count). The van der Waals surface area contributed by atoms with Gasteiger partial charge in [-0.1, -0.05) is 12.8 Å². The van der Waals surface area contributed by atoms with E-state index in [4.69, 9.17) is 0 Å². The van der Waals surface area contributed by atoms with Crippen molar-refractivity contribution in [3.05, 3.63) is 23.5 Å². The molecule has 0 radical (unpaired) electrons. The Morgan fingerprint density at radius 2 is 2.05 bits per heavy atom. The fourth-order valence-corrected chi connectivity index (χ4v) is 3.32. The number of aliphatic hydroxyl groups is 1. The van der Waals surface area contributed by atoms with Gasteiger partial charge in [-0.3, -0.25) is 4.79 Å². The van der Waals surface area contributed by atoms with E-state index in [2.05, 4.69) is 5.32 Å². The third-order valence-electron chi connectivity index (χ3n) is 4.33. The van der Waals surface area contributed by atoms with Gasteiger partial charge in [-0.25, -0.2) is 0 Å². The molecule has 104 valence electrons. The van der Waals surface area contributed by atoms with E-state index in [-0.39, 0.29) is 12.0 Å². The number of carbonyl (C=O) groups is 1. The lowest BCUT2D eigenvalue weighted by Crippen LogP contribution is -2.34. The number of aliphatic hydroxyl groups excluding tert-OH is 1. The molecule has 4 nitrogen and oxygen atoms in total. The highest BCUT2D eigenvalue weighted by Crippen LogP contribution is 2.30. The minimum Gasteiger partial charge on any atom is -0.388 e. The van der Waals surface area contributed by atoms with Crippen LogP contribution in [0.3, 0.4) is 0 Å². The lowest BCUT2D eigenvalue weighted by molar-refractivity contribution is -0.122. The molecular weight excluding hydrogens is 240 g/mol. The second-order valence-electron chi connectivity index (χ2n) is 5.87. The minimum absolute atomic E-state index is 0.0914. The van der Waals surface area contributed by atoms with E-state index >= 15 is 0 Å². The summed E-state index contributed by atoms with van der Waals surface area (Å²) in [5.74, 6) is 0.0914. The summed E-state index contributed by atoms with van der Waals surface area (Å²) >= 11 is 0. The molecule has 1 aromatic heterocycles. The van der Waals surface area contributed by atoms with Crippen LogP contribution in [0, 0.1) is 0 Å². The highest BCUT2D eigenvalue weighted by molar-refractivity contribution is 5.76. The number of amides is 1. The summed E-state index contributed by atoms with van der Waals surface area (Å²) in [6.07, 6.45) is 11.2. The van der Waals surface area contributed by atoms with E-state index in [1.807, 2.05) is 17.0 Å². The first-order valence-corrected chi connectivity index (χ1v) is 7.38. The SMILES string of the molecule is O=C(Cn1cc2c(c1)C(O)CCC2)NC1CCCC1. The molecule has 1 aromatic rings. The Morgan fingerprint density at radius 3 is 2.79 bits per heavy atom. The monoisotopic (exact) mass is 262 g/mol. The fraction of sp³-hybridized carbons (Fsp3) is 0.667. The molecule has 0 aliphatic heterocycles. The predicted molar refractivity (Wildman–Crippen MR) is 72.7 cm³/mol. The second kappa shape index (κ2) is 5.37. The number of nitrogens with one attached hydrogen (secondary N) is 1. The molecule has 2 aliphatic carbocycles. The molecule has 1 heterocycles. The van der Waals surface area contributed by atoms with E-state index < -0.39 is 0 Å². The van der Waals surface area contributed by atoms with E-state index in [0.29, 0.717) is 12.6 Å². The number of nitrogens with zero attached hydrogens (tertiary/aromatic N) is 1. The minimum atomic E-state index is -0.345. The third-order valence-corrected chi connectivity index (χ3v) is 4.33. The van der Waals surface area contributed by atoms with Crippen molar-refractivity contribution in [3.63, 3.8) is 0 Å². The van der Waals surface area contributed by atoms with Crippen LogP contribution in [0.25, 0.3) is 0 Å². The van der Waals surface area contributed by atoms with Crippen molar-refractivity contribution in [2.24, 2.45) is 0 Å². The summed E-state index contributed by atoms with van der Waals surface area (Å²) in [6.45, 7) is 0.371. The van der Waals surface area contributed by atoms with Crippen LogP contribution in [-0.4, -0.2) is 21.6 Å². The highest BCUT2D eigenvalue weighted by Gasteiger charge is 2.21. The highest BCUT2D eigenvalue weighted by atomic mass is 16.3. The van der Waals surface area contributed by atoms with Crippen molar-refractivity contribution in [3.8, 4) is 0 Å². The van der Waals surface area contributed by atoms with E-state index in [1.165, 1.54) is 18.4 Å². The molecular formula is C15H22N2O2. The van der Waals surface area contributed by atoms with Gasteiger partial charge in [-0.15, -0.1) is 0 Å². The van der Waals surface area contributed by atoms with Gasteiger partial charge in [-0.05, 0) is 37.7 Å². The first kappa shape index (κ1) is 12.7. The molecule has 2 aliphatic rings. The molecule has 0 bridgehead atoms. The largest absolute Gasteiger partial charge is 0.388 e. The Morgan fingerprint density at radius 1 is 1.26 bits per heavy atom. The molecule has 1 fully saturated rings.